The average Bonchev–Trinajstić information content (AvgIpc) is 2.68. The highest BCUT2D eigenvalue weighted by molar-refractivity contribution is 5.83. The Morgan fingerprint density at radius 3 is 2.85 bits per heavy atom. The molecule has 1 unspecified atom stereocenters. The minimum atomic E-state index is -0.404. The van der Waals surface area contributed by atoms with Crippen molar-refractivity contribution in [1.29, 1.82) is 0 Å². The highest BCUT2D eigenvalue weighted by Gasteiger charge is 2.39. The van der Waals surface area contributed by atoms with Gasteiger partial charge in [0, 0.05) is 33.3 Å². The summed E-state index contributed by atoms with van der Waals surface area (Å²) in [7, 11) is 1.67. The van der Waals surface area contributed by atoms with E-state index in [1.165, 1.54) is 5.56 Å². The van der Waals surface area contributed by atoms with Crippen LogP contribution in [-0.4, -0.2) is 70.0 Å². The first-order valence-corrected chi connectivity index (χ1v) is 9.58. The number of ether oxygens (including phenoxy) is 2. The molecule has 2 saturated heterocycles. The zero-order valence-electron chi connectivity index (χ0n) is 15.7. The smallest absolute Gasteiger partial charge is 0.228 e. The Hall–Kier alpha value is -1.47. The van der Waals surface area contributed by atoms with Crippen LogP contribution in [0.15, 0.2) is 30.3 Å². The molecular weight excluding hydrogens is 330 g/mol. The van der Waals surface area contributed by atoms with E-state index in [9.17, 15) is 4.79 Å². The summed E-state index contributed by atoms with van der Waals surface area (Å²) in [5, 5.41) is 6.45. The number of hydrogen-bond acceptors (Lipinski definition) is 5. The second kappa shape index (κ2) is 9.46. The minimum Gasteiger partial charge on any atom is -0.384 e. The van der Waals surface area contributed by atoms with Crippen molar-refractivity contribution in [2.45, 2.75) is 25.5 Å². The second-order valence-electron chi connectivity index (χ2n) is 7.39. The zero-order chi connectivity index (χ0) is 18.2. The number of nitrogens with zero attached hydrogens (tertiary/aromatic N) is 1. The van der Waals surface area contributed by atoms with Gasteiger partial charge in [-0.2, -0.15) is 0 Å². The number of amides is 1. The Morgan fingerprint density at radius 2 is 2.12 bits per heavy atom. The summed E-state index contributed by atoms with van der Waals surface area (Å²) >= 11 is 0. The van der Waals surface area contributed by atoms with Gasteiger partial charge in [0.2, 0.25) is 5.91 Å². The molecule has 6 nitrogen and oxygen atoms in total. The van der Waals surface area contributed by atoms with Gasteiger partial charge >= 0.3 is 0 Å². The Balaban J connectivity index is 1.49. The number of rotatable bonds is 7. The van der Waals surface area contributed by atoms with Crippen molar-refractivity contribution in [2.75, 3.05) is 53.0 Å². The van der Waals surface area contributed by atoms with E-state index in [1.807, 2.05) is 6.07 Å². The number of carbonyl (C=O) groups is 1. The van der Waals surface area contributed by atoms with Gasteiger partial charge in [-0.1, -0.05) is 30.3 Å². The second-order valence-corrected chi connectivity index (χ2v) is 7.39. The third-order valence-corrected chi connectivity index (χ3v) is 5.43. The van der Waals surface area contributed by atoms with E-state index in [-0.39, 0.29) is 12.0 Å². The fourth-order valence-electron chi connectivity index (χ4n) is 3.90. The van der Waals surface area contributed by atoms with Crippen molar-refractivity contribution in [3.8, 4) is 0 Å². The van der Waals surface area contributed by atoms with Crippen molar-refractivity contribution in [3.63, 3.8) is 0 Å². The average molecular weight is 361 g/mol. The number of nitrogens with one attached hydrogen (secondary N) is 2. The number of benzene rings is 1. The van der Waals surface area contributed by atoms with E-state index >= 15 is 0 Å². The molecule has 3 rings (SSSR count). The summed E-state index contributed by atoms with van der Waals surface area (Å²) < 4.78 is 11.2. The quantitative estimate of drug-likeness (QED) is 0.759. The van der Waals surface area contributed by atoms with Crippen molar-refractivity contribution in [1.82, 2.24) is 15.5 Å². The van der Waals surface area contributed by atoms with Gasteiger partial charge in [0.15, 0.2) is 0 Å². The third-order valence-electron chi connectivity index (χ3n) is 5.43. The van der Waals surface area contributed by atoms with Crippen molar-refractivity contribution in [2.24, 2.45) is 5.41 Å². The van der Waals surface area contributed by atoms with Crippen LogP contribution in [0.2, 0.25) is 0 Å². The maximum atomic E-state index is 12.8. The molecule has 2 heterocycles. The molecule has 1 amide bonds. The highest BCUT2D eigenvalue weighted by atomic mass is 16.5. The molecule has 144 valence electrons. The lowest BCUT2D eigenvalue weighted by molar-refractivity contribution is -0.137. The first-order valence-electron chi connectivity index (χ1n) is 9.58. The monoisotopic (exact) mass is 361 g/mol. The van der Waals surface area contributed by atoms with E-state index in [2.05, 4.69) is 39.8 Å². The van der Waals surface area contributed by atoms with Crippen LogP contribution in [0.5, 0.6) is 0 Å². The van der Waals surface area contributed by atoms with Crippen LogP contribution in [0, 0.1) is 5.41 Å². The lowest BCUT2D eigenvalue weighted by Gasteiger charge is -2.37. The van der Waals surface area contributed by atoms with Gasteiger partial charge in [0.05, 0.1) is 24.7 Å². The molecule has 1 atom stereocenters. The fourth-order valence-corrected chi connectivity index (χ4v) is 3.90. The van der Waals surface area contributed by atoms with E-state index in [4.69, 9.17) is 9.47 Å². The number of carbonyl (C=O) groups excluding carboxylic acids is 1. The topological polar surface area (TPSA) is 62.8 Å². The Labute approximate surface area is 156 Å². The molecule has 0 bridgehead atoms. The molecule has 1 aromatic rings. The minimum absolute atomic E-state index is 0.0396. The van der Waals surface area contributed by atoms with Gasteiger partial charge in [-0.3, -0.25) is 9.69 Å². The normalized spacial score (nSPS) is 23.5. The van der Waals surface area contributed by atoms with E-state index in [0.717, 1.165) is 45.6 Å². The largest absolute Gasteiger partial charge is 0.384 e. The third kappa shape index (κ3) is 5.04. The summed E-state index contributed by atoms with van der Waals surface area (Å²) in [5.41, 5.74) is 0.907. The number of hydrogen-bond donors (Lipinski definition) is 2. The van der Waals surface area contributed by atoms with E-state index in [0.29, 0.717) is 19.8 Å². The first kappa shape index (κ1) is 19.3. The molecule has 0 saturated carbocycles. The van der Waals surface area contributed by atoms with Gasteiger partial charge in [0.1, 0.15) is 0 Å². The maximum absolute atomic E-state index is 12.8. The molecule has 2 fully saturated rings. The summed E-state index contributed by atoms with van der Waals surface area (Å²) in [4.78, 5) is 15.2. The fraction of sp³-hybridized carbons (Fsp3) is 0.650. The molecule has 0 radical (unpaired) electrons. The highest BCUT2D eigenvalue weighted by Crippen LogP contribution is 2.29. The van der Waals surface area contributed by atoms with Gasteiger partial charge in [-0.05, 0) is 31.5 Å². The van der Waals surface area contributed by atoms with Gasteiger partial charge < -0.3 is 20.1 Å². The van der Waals surface area contributed by atoms with Crippen LogP contribution >= 0.6 is 0 Å². The van der Waals surface area contributed by atoms with Crippen LogP contribution in [0.4, 0.5) is 0 Å². The summed E-state index contributed by atoms with van der Waals surface area (Å²) in [5.74, 6) is 0.102. The first-order chi connectivity index (χ1) is 12.7. The van der Waals surface area contributed by atoms with E-state index in [1.54, 1.807) is 7.11 Å². The predicted molar refractivity (Wildman–Crippen MR) is 101 cm³/mol. The lowest BCUT2D eigenvalue weighted by Crippen LogP contribution is -2.53. The number of methoxy groups -OCH3 is 1. The van der Waals surface area contributed by atoms with Crippen molar-refractivity contribution >= 4 is 5.91 Å². The standard InChI is InChI=1S/C20H31N3O3/c1-25-16-20(7-9-21-10-8-20)19(24)22-13-18-15-23(11-12-26-18)14-17-5-3-2-4-6-17/h2-6,18,21H,7-16H2,1H3,(H,22,24). The molecule has 6 heteroatoms. The summed E-state index contributed by atoms with van der Waals surface area (Å²) in [6.07, 6.45) is 1.68. The van der Waals surface area contributed by atoms with Gasteiger partial charge in [-0.25, -0.2) is 0 Å². The molecule has 0 aliphatic carbocycles. The molecule has 1 aromatic carbocycles. The molecule has 0 spiro atoms. The Kier molecular flexibility index (Phi) is 7.02. The predicted octanol–water partition coefficient (Wildman–Crippen LogP) is 1.02. The van der Waals surface area contributed by atoms with Crippen LogP contribution in [0.1, 0.15) is 18.4 Å². The van der Waals surface area contributed by atoms with E-state index < -0.39 is 5.41 Å². The lowest BCUT2D eigenvalue weighted by atomic mass is 9.78. The molecule has 2 N–H and O–H groups in total. The van der Waals surface area contributed by atoms with Gasteiger partial charge in [-0.15, -0.1) is 0 Å². The van der Waals surface area contributed by atoms with Crippen LogP contribution in [0.3, 0.4) is 0 Å². The Bertz CT molecular complexity index is 555. The number of morpholine rings is 1. The van der Waals surface area contributed by atoms with Crippen LogP contribution in [-0.2, 0) is 20.8 Å². The molecule has 0 aromatic heterocycles. The molecule has 2 aliphatic heterocycles. The molecular formula is C20H31N3O3. The zero-order valence-corrected chi connectivity index (χ0v) is 15.7. The SMILES string of the molecule is COCC1(C(=O)NCC2CN(Cc3ccccc3)CCO2)CCNCC1. The van der Waals surface area contributed by atoms with Crippen LogP contribution in [0.25, 0.3) is 0 Å². The van der Waals surface area contributed by atoms with Crippen molar-refractivity contribution < 1.29 is 14.3 Å². The summed E-state index contributed by atoms with van der Waals surface area (Å²) in [6, 6.07) is 10.5. The summed E-state index contributed by atoms with van der Waals surface area (Å²) in [6.45, 7) is 6.17. The van der Waals surface area contributed by atoms with Gasteiger partial charge in [0.25, 0.3) is 0 Å². The number of piperidine rings is 1. The maximum Gasteiger partial charge on any atom is 0.228 e. The van der Waals surface area contributed by atoms with Crippen molar-refractivity contribution in [3.05, 3.63) is 35.9 Å². The van der Waals surface area contributed by atoms with Crippen LogP contribution < -0.4 is 10.6 Å². The Morgan fingerprint density at radius 1 is 1.35 bits per heavy atom. The molecule has 2 aliphatic rings. The molecule has 26 heavy (non-hydrogen) atoms.